The Kier molecular flexibility index (Phi) is 4.74. The monoisotopic (exact) mass is 495 g/mol. The van der Waals surface area contributed by atoms with Gasteiger partial charge in [-0.05, 0) is 36.2 Å². The van der Waals surface area contributed by atoms with Crippen molar-refractivity contribution in [3.63, 3.8) is 0 Å². The van der Waals surface area contributed by atoms with E-state index >= 15 is 0 Å². The number of benzene rings is 1. The number of alkyl halides is 3. The molecule has 0 aliphatic carbocycles. The van der Waals surface area contributed by atoms with Crippen LogP contribution in [-0.4, -0.2) is 48.2 Å². The molecule has 9 nitrogen and oxygen atoms in total. The summed E-state index contributed by atoms with van der Waals surface area (Å²) >= 11 is 0. The lowest BCUT2D eigenvalue weighted by atomic mass is 9.98. The lowest BCUT2D eigenvalue weighted by Gasteiger charge is -2.33. The van der Waals surface area contributed by atoms with E-state index in [2.05, 4.69) is 15.0 Å². The molecule has 4 aromatic heterocycles. The van der Waals surface area contributed by atoms with Crippen molar-refractivity contribution in [2.75, 3.05) is 19.4 Å². The van der Waals surface area contributed by atoms with Gasteiger partial charge in [0, 0.05) is 30.6 Å². The molecule has 0 saturated heterocycles. The maximum absolute atomic E-state index is 13.7. The van der Waals surface area contributed by atoms with Crippen molar-refractivity contribution in [3.8, 4) is 0 Å². The van der Waals surface area contributed by atoms with E-state index in [9.17, 15) is 18.0 Å². The van der Waals surface area contributed by atoms with Crippen molar-refractivity contribution in [2.45, 2.75) is 25.7 Å². The largest absolute Gasteiger partial charge is 0.434 e. The van der Waals surface area contributed by atoms with Crippen molar-refractivity contribution < 1.29 is 22.7 Å². The van der Waals surface area contributed by atoms with Gasteiger partial charge < -0.3 is 19.8 Å². The Hall–Kier alpha value is -4.19. The number of amides is 1. The molecule has 5 heterocycles. The first kappa shape index (κ1) is 22.3. The molecule has 184 valence electrons. The topological polar surface area (TPSA) is 103 Å². The number of fused-ring (bicyclic) bond motifs is 6. The molecule has 1 aliphatic rings. The summed E-state index contributed by atoms with van der Waals surface area (Å²) in [5, 5.41) is 0. The fourth-order valence-corrected chi connectivity index (χ4v) is 4.79. The molecule has 1 atom stereocenters. The number of imidazole rings is 2. The van der Waals surface area contributed by atoms with Gasteiger partial charge in [0.05, 0.1) is 42.8 Å². The van der Waals surface area contributed by atoms with Gasteiger partial charge in [-0.1, -0.05) is 0 Å². The quantitative estimate of drug-likeness (QED) is 0.400. The molecule has 36 heavy (non-hydrogen) atoms. The smallest absolute Gasteiger partial charge is 0.382 e. The lowest BCUT2D eigenvalue weighted by molar-refractivity contribution is -0.140. The molecule has 1 aromatic carbocycles. The van der Waals surface area contributed by atoms with Crippen molar-refractivity contribution >= 4 is 33.9 Å². The normalized spacial score (nSPS) is 16.1. The minimum atomic E-state index is -4.56. The summed E-state index contributed by atoms with van der Waals surface area (Å²) < 4.78 is 48.5. The molecule has 0 fully saturated rings. The number of carbonyl (C=O) groups excluding carboxylic acids is 1. The third-order valence-corrected chi connectivity index (χ3v) is 6.68. The molecule has 1 aliphatic heterocycles. The number of aromatic nitrogens is 5. The highest BCUT2D eigenvalue weighted by atomic mass is 19.4. The van der Waals surface area contributed by atoms with Crippen LogP contribution in [0.1, 0.15) is 38.8 Å². The molecule has 12 heteroatoms. The standard InChI is InChI=1S/C24H20F3N7O2/c1-12-5-16-17(34-11-29-7-18(34)21(28)30-16)6-14(12)23(35)32(2)19-10-36-9-15-13(19)3-4-33-8-20(24(25,26)27)31-22(15)33/h3-8,11,19H,9-10H2,1-2H3,(H2,28,30)/t19-/m1/s1. The molecule has 2 N–H and O–H groups in total. The molecule has 0 unspecified atom stereocenters. The van der Waals surface area contributed by atoms with Gasteiger partial charge in [0.1, 0.15) is 17.0 Å². The number of carbonyl (C=O) groups is 1. The van der Waals surface area contributed by atoms with Crippen LogP contribution in [0.5, 0.6) is 0 Å². The average Bonchev–Trinajstić information content (AvgIpc) is 3.50. The summed E-state index contributed by atoms with van der Waals surface area (Å²) in [5.74, 6) is 0.0747. The number of rotatable bonds is 2. The van der Waals surface area contributed by atoms with Gasteiger partial charge >= 0.3 is 6.18 Å². The number of nitrogen functional groups attached to an aromatic ring is 1. The van der Waals surface area contributed by atoms with Gasteiger partial charge in [-0.3, -0.25) is 9.20 Å². The number of ether oxygens (including phenoxy) is 1. The van der Waals surface area contributed by atoms with Crippen LogP contribution in [0, 0.1) is 6.92 Å². The van der Waals surface area contributed by atoms with Gasteiger partial charge in [0.15, 0.2) is 5.69 Å². The summed E-state index contributed by atoms with van der Waals surface area (Å²) in [7, 11) is 1.65. The van der Waals surface area contributed by atoms with Gasteiger partial charge in [-0.2, -0.15) is 13.2 Å². The lowest BCUT2D eigenvalue weighted by Crippen LogP contribution is -2.36. The van der Waals surface area contributed by atoms with Crippen molar-refractivity contribution in [2.24, 2.45) is 0 Å². The summed E-state index contributed by atoms with van der Waals surface area (Å²) in [4.78, 5) is 27.6. The van der Waals surface area contributed by atoms with Gasteiger partial charge in [0.25, 0.3) is 5.91 Å². The zero-order valence-corrected chi connectivity index (χ0v) is 19.2. The van der Waals surface area contributed by atoms with Crippen LogP contribution < -0.4 is 5.73 Å². The second kappa shape index (κ2) is 7.65. The van der Waals surface area contributed by atoms with Crippen LogP contribution in [0.15, 0.2) is 43.1 Å². The minimum Gasteiger partial charge on any atom is -0.382 e. The number of nitrogens with zero attached hydrogens (tertiary/aromatic N) is 6. The highest BCUT2D eigenvalue weighted by Gasteiger charge is 2.36. The predicted octanol–water partition coefficient (Wildman–Crippen LogP) is 3.78. The minimum absolute atomic E-state index is 0.104. The fourth-order valence-electron chi connectivity index (χ4n) is 4.79. The Labute approximate surface area is 201 Å². The highest BCUT2D eigenvalue weighted by molar-refractivity contribution is 6.00. The number of hydrogen-bond donors (Lipinski definition) is 1. The third-order valence-electron chi connectivity index (χ3n) is 6.68. The van der Waals surface area contributed by atoms with E-state index in [1.54, 1.807) is 47.1 Å². The Bertz CT molecular complexity index is 1690. The predicted molar refractivity (Wildman–Crippen MR) is 124 cm³/mol. The molecule has 0 spiro atoms. The fraction of sp³-hybridized carbons (Fsp3) is 0.250. The van der Waals surface area contributed by atoms with E-state index < -0.39 is 17.9 Å². The maximum atomic E-state index is 13.7. The Morgan fingerprint density at radius 3 is 2.83 bits per heavy atom. The van der Waals surface area contributed by atoms with E-state index in [0.717, 1.165) is 6.20 Å². The second-order valence-corrected chi connectivity index (χ2v) is 8.85. The maximum Gasteiger partial charge on any atom is 0.434 e. The van der Waals surface area contributed by atoms with E-state index in [1.165, 1.54) is 10.6 Å². The summed E-state index contributed by atoms with van der Waals surface area (Å²) in [5.41, 5.74) is 9.57. The highest BCUT2D eigenvalue weighted by Crippen LogP contribution is 2.35. The molecular formula is C24H20F3N7O2. The molecule has 5 aromatic rings. The van der Waals surface area contributed by atoms with Crippen LogP contribution in [0.2, 0.25) is 0 Å². The number of nitrogens with two attached hydrogens (primary N) is 1. The van der Waals surface area contributed by atoms with Crippen LogP contribution in [0.4, 0.5) is 19.0 Å². The Morgan fingerprint density at radius 2 is 2.06 bits per heavy atom. The number of hydrogen-bond acceptors (Lipinski definition) is 6. The molecule has 1 amide bonds. The molecule has 6 rings (SSSR count). The van der Waals surface area contributed by atoms with Gasteiger partial charge in [-0.25, -0.2) is 15.0 Å². The second-order valence-electron chi connectivity index (χ2n) is 8.85. The molecular weight excluding hydrogens is 475 g/mol. The van der Waals surface area contributed by atoms with Gasteiger partial charge in [0.2, 0.25) is 0 Å². The zero-order chi connectivity index (χ0) is 25.4. The van der Waals surface area contributed by atoms with Crippen LogP contribution in [0.3, 0.4) is 0 Å². The zero-order valence-electron chi connectivity index (χ0n) is 19.2. The van der Waals surface area contributed by atoms with E-state index in [4.69, 9.17) is 10.5 Å². The summed E-state index contributed by atoms with van der Waals surface area (Å²) in [6, 6.07) is 4.76. The third kappa shape index (κ3) is 3.28. The number of pyridine rings is 1. The first-order chi connectivity index (χ1) is 17.1. The average molecular weight is 495 g/mol. The van der Waals surface area contributed by atoms with E-state index in [1.807, 2.05) is 6.92 Å². The first-order valence-electron chi connectivity index (χ1n) is 11.1. The Morgan fingerprint density at radius 1 is 1.25 bits per heavy atom. The first-order valence-corrected chi connectivity index (χ1v) is 11.1. The number of likely N-dealkylation sites (N-methyl/N-ethyl adjacent to an activating group) is 1. The molecule has 0 radical (unpaired) electrons. The molecule has 0 bridgehead atoms. The SMILES string of the molecule is Cc1cc2nc(N)c3cncn3c2cc1C(=O)N(C)[C@@H]1COCc2c1ccn1cc(C(F)(F)F)nc21. The van der Waals surface area contributed by atoms with Crippen molar-refractivity contribution in [3.05, 3.63) is 71.1 Å². The van der Waals surface area contributed by atoms with E-state index in [0.29, 0.717) is 44.6 Å². The van der Waals surface area contributed by atoms with Crippen molar-refractivity contribution in [1.82, 2.24) is 28.7 Å². The van der Waals surface area contributed by atoms with Crippen LogP contribution >= 0.6 is 0 Å². The Balaban J connectivity index is 1.41. The number of halogens is 3. The number of aryl methyl sites for hydroxylation is 1. The summed E-state index contributed by atoms with van der Waals surface area (Å²) in [6.07, 6.45) is 1.13. The summed E-state index contributed by atoms with van der Waals surface area (Å²) in [6.45, 7) is 2.12. The van der Waals surface area contributed by atoms with Crippen molar-refractivity contribution in [1.29, 1.82) is 0 Å². The number of anilines is 1. The van der Waals surface area contributed by atoms with Crippen LogP contribution in [0.25, 0.3) is 22.2 Å². The molecule has 0 saturated carbocycles. The van der Waals surface area contributed by atoms with Crippen LogP contribution in [-0.2, 0) is 17.5 Å². The van der Waals surface area contributed by atoms with E-state index in [-0.39, 0.29) is 24.8 Å². The van der Waals surface area contributed by atoms with Gasteiger partial charge in [-0.15, -0.1) is 0 Å².